The summed E-state index contributed by atoms with van der Waals surface area (Å²) in [4.78, 5) is 7.91. The molecular formula is C8H10N4O. The van der Waals surface area contributed by atoms with Crippen molar-refractivity contribution < 1.29 is 4.74 Å². The monoisotopic (exact) mass is 178 g/mol. The largest absolute Gasteiger partial charge is 0.464 e. The first-order valence-corrected chi connectivity index (χ1v) is 3.65. The molecule has 0 unspecified atom stereocenters. The minimum atomic E-state index is 0.181. The van der Waals surface area contributed by atoms with Crippen molar-refractivity contribution in [3.05, 3.63) is 11.8 Å². The van der Waals surface area contributed by atoms with Crippen LogP contribution >= 0.6 is 0 Å². The molecule has 1 aromatic heterocycles. The summed E-state index contributed by atoms with van der Waals surface area (Å²) in [5.41, 5.74) is 3.09. The fourth-order valence-electron chi connectivity index (χ4n) is 0.794. The Morgan fingerprint density at radius 2 is 2.46 bits per heavy atom. The van der Waals surface area contributed by atoms with Crippen molar-refractivity contribution in [1.82, 2.24) is 9.97 Å². The maximum absolute atomic E-state index is 5.15. The van der Waals surface area contributed by atoms with Gasteiger partial charge in [-0.2, -0.15) is 4.98 Å². The summed E-state index contributed by atoms with van der Waals surface area (Å²) in [7, 11) is 0. The van der Waals surface area contributed by atoms with E-state index in [1.807, 2.05) is 6.92 Å². The highest BCUT2D eigenvalue weighted by Crippen LogP contribution is 2.10. The molecule has 0 bridgehead atoms. The summed E-state index contributed by atoms with van der Waals surface area (Å²) in [5.74, 6) is 8.21. The first-order chi connectivity index (χ1) is 6.26. The number of aryl methyl sites for hydroxylation is 1. The van der Waals surface area contributed by atoms with Crippen LogP contribution in [-0.2, 0) is 0 Å². The van der Waals surface area contributed by atoms with Gasteiger partial charge in [0.05, 0.1) is 0 Å². The molecule has 0 atom stereocenters. The number of hydrogen-bond donors (Lipinski definition) is 2. The Bertz CT molecular complexity index is 331. The molecule has 5 nitrogen and oxygen atoms in total. The molecule has 0 radical (unpaired) electrons. The van der Waals surface area contributed by atoms with Crippen LogP contribution in [-0.4, -0.2) is 16.6 Å². The molecule has 0 saturated carbocycles. The van der Waals surface area contributed by atoms with Gasteiger partial charge >= 0.3 is 0 Å². The molecule has 0 aliphatic heterocycles. The highest BCUT2D eigenvalue weighted by molar-refractivity contribution is 5.29. The highest BCUT2D eigenvalue weighted by Gasteiger charge is 2.00. The number of terminal acetylenes is 1. The molecule has 1 heterocycles. The first-order valence-electron chi connectivity index (χ1n) is 3.65. The van der Waals surface area contributed by atoms with E-state index in [9.17, 15) is 0 Å². The number of anilines is 1. The number of nitrogen functional groups attached to an aromatic ring is 1. The number of hydrazine groups is 1. The summed E-state index contributed by atoms with van der Waals surface area (Å²) in [6.45, 7) is 1.99. The normalized spacial score (nSPS) is 9.00. The lowest BCUT2D eigenvalue weighted by molar-refractivity contribution is 0.355. The van der Waals surface area contributed by atoms with E-state index < -0.39 is 0 Å². The van der Waals surface area contributed by atoms with Crippen LogP contribution in [0.5, 0.6) is 5.88 Å². The summed E-state index contributed by atoms with van der Waals surface area (Å²) in [6.07, 6.45) is 5.03. The van der Waals surface area contributed by atoms with E-state index in [0.717, 1.165) is 5.69 Å². The molecule has 0 saturated heterocycles. The second kappa shape index (κ2) is 4.28. The molecule has 1 rings (SSSR count). The molecule has 68 valence electrons. The van der Waals surface area contributed by atoms with Gasteiger partial charge in [0, 0.05) is 11.8 Å². The molecule has 0 fully saturated rings. The number of nitrogens with zero attached hydrogens (tertiary/aromatic N) is 2. The van der Waals surface area contributed by atoms with Crippen molar-refractivity contribution in [2.45, 2.75) is 6.92 Å². The standard InChI is InChI=1S/C8H10N4O/c1-3-4-13-7-5-6(2)10-8(11-7)12-9/h1,5H,4,9H2,2H3,(H,10,11,12). The lowest BCUT2D eigenvalue weighted by Crippen LogP contribution is -2.11. The zero-order valence-corrected chi connectivity index (χ0v) is 7.24. The van der Waals surface area contributed by atoms with Crippen molar-refractivity contribution in [3.63, 3.8) is 0 Å². The molecule has 5 heteroatoms. The van der Waals surface area contributed by atoms with Crippen LogP contribution in [0, 0.1) is 19.3 Å². The Labute approximate surface area is 76.3 Å². The van der Waals surface area contributed by atoms with Crippen LogP contribution in [0.1, 0.15) is 5.69 Å². The van der Waals surface area contributed by atoms with Gasteiger partial charge in [-0.25, -0.2) is 10.8 Å². The Morgan fingerprint density at radius 1 is 1.69 bits per heavy atom. The van der Waals surface area contributed by atoms with Gasteiger partial charge in [0.15, 0.2) is 6.61 Å². The zero-order chi connectivity index (χ0) is 9.68. The Morgan fingerprint density at radius 3 is 3.08 bits per heavy atom. The van der Waals surface area contributed by atoms with Gasteiger partial charge in [-0.3, -0.25) is 5.43 Å². The predicted molar refractivity (Wildman–Crippen MR) is 48.9 cm³/mol. The predicted octanol–water partition coefficient (Wildman–Crippen LogP) is 0.0826. The van der Waals surface area contributed by atoms with Crippen molar-refractivity contribution in [2.75, 3.05) is 12.0 Å². The Balaban J connectivity index is 2.83. The molecule has 0 aliphatic carbocycles. The minimum Gasteiger partial charge on any atom is -0.464 e. The van der Waals surface area contributed by atoms with Crippen molar-refractivity contribution in [3.8, 4) is 18.2 Å². The fraction of sp³-hybridized carbons (Fsp3) is 0.250. The Kier molecular flexibility index (Phi) is 3.06. The SMILES string of the molecule is C#CCOc1cc(C)nc(NN)n1. The van der Waals surface area contributed by atoms with Gasteiger partial charge in [0.25, 0.3) is 0 Å². The molecule has 0 aromatic carbocycles. The number of aromatic nitrogens is 2. The van der Waals surface area contributed by atoms with E-state index >= 15 is 0 Å². The van der Waals surface area contributed by atoms with Crippen LogP contribution in [0.3, 0.4) is 0 Å². The number of nitrogens with one attached hydrogen (secondary N) is 1. The van der Waals surface area contributed by atoms with Crippen molar-refractivity contribution >= 4 is 5.95 Å². The summed E-state index contributed by atoms with van der Waals surface area (Å²) in [6, 6.07) is 1.68. The van der Waals surface area contributed by atoms with Crippen molar-refractivity contribution in [1.29, 1.82) is 0 Å². The molecule has 0 amide bonds. The Hall–Kier alpha value is -1.80. The average molecular weight is 178 g/mol. The molecule has 1 aromatic rings. The average Bonchev–Trinajstić information content (AvgIpc) is 2.14. The second-order valence-corrected chi connectivity index (χ2v) is 2.31. The van der Waals surface area contributed by atoms with Gasteiger partial charge in [0.2, 0.25) is 11.8 Å². The summed E-state index contributed by atoms with van der Waals surface area (Å²) < 4.78 is 5.10. The van der Waals surface area contributed by atoms with Gasteiger partial charge in [0.1, 0.15) is 0 Å². The van der Waals surface area contributed by atoms with Gasteiger partial charge in [-0.1, -0.05) is 5.92 Å². The molecule has 0 aliphatic rings. The van der Waals surface area contributed by atoms with E-state index in [0.29, 0.717) is 11.8 Å². The number of nitrogens with two attached hydrogens (primary N) is 1. The van der Waals surface area contributed by atoms with Crippen molar-refractivity contribution in [2.24, 2.45) is 5.84 Å². The lowest BCUT2D eigenvalue weighted by Gasteiger charge is -2.04. The number of rotatable bonds is 3. The fourth-order valence-corrected chi connectivity index (χ4v) is 0.794. The highest BCUT2D eigenvalue weighted by atomic mass is 16.5. The molecule has 13 heavy (non-hydrogen) atoms. The second-order valence-electron chi connectivity index (χ2n) is 2.31. The van der Waals surface area contributed by atoms with Crippen LogP contribution in [0.4, 0.5) is 5.95 Å². The van der Waals surface area contributed by atoms with Crippen LogP contribution in [0.15, 0.2) is 6.07 Å². The van der Waals surface area contributed by atoms with E-state index in [1.165, 1.54) is 0 Å². The maximum atomic E-state index is 5.15. The topological polar surface area (TPSA) is 73.1 Å². The van der Waals surface area contributed by atoms with E-state index in [2.05, 4.69) is 21.3 Å². The molecule has 0 spiro atoms. The van der Waals surface area contributed by atoms with Crippen LogP contribution in [0.25, 0.3) is 0 Å². The third-order valence-corrected chi connectivity index (χ3v) is 1.26. The van der Waals surface area contributed by atoms with Gasteiger partial charge in [-0.15, -0.1) is 6.42 Å². The van der Waals surface area contributed by atoms with Crippen LogP contribution < -0.4 is 16.0 Å². The van der Waals surface area contributed by atoms with Gasteiger partial charge in [-0.05, 0) is 6.92 Å². The van der Waals surface area contributed by atoms with Crippen LogP contribution in [0.2, 0.25) is 0 Å². The van der Waals surface area contributed by atoms with E-state index in [4.69, 9.17) is 17.0 Å². The lowest BCUT2D eigenvalue weighted by atomic mass is 10.4. The van der Waals surface area contributed by atoms with E-state index in [1.54, 1.807) is 6.07 Å². The minimum absolute atomic E-state index is 0.181. The number of ether oxygens (including phenoxy) is 1. The first kappa shape index (κ1) is 9.29. The van der Waals surface area contributed by atoms with Gasteiger partial charge < -0.3 is 4.74 Å². The molecular weight excluding hydrogens is 168 g/mol. The third kappa shape index (κ3) is 2.61. The maximum Gasteiger partial charge on any atom is 0.240 e. The number of hydrogen-bond acceptors (Lipinski definition) is 5. The zero-order valence-electron chi connectivity index (χ0n) is 7.24. The summed E-state index contributed by atoms with van der Waals surface area (Å²) in [5, 5.41) is 0. The van der Waals surface area contributed by atoms with E-state index in [-0.39, 0.29) is 6.61 Å². The molecule has 3 N–H and O–H groups in total. The smallest absolute Gasteiger partial charge is 0.240 e. The summed E-state index contributed by atoms with van der Waals surface area (Å²) >= 11 is 0. The third-order valence-electron chi connectivity index (χ3n) is 1.26. The quantitative estimate of drug-likeness (QED) is 0.389.